The van der Waals surface area contributed by atoms with Gasteiger partial charge in [-0.3, -0.25) is 4.79 Å². The van der Waals surface area contributed by atoms with E-state index in [4.69, 9.17) is 0 Å². The first-order valence-electron chi connectivity index (χ1n) is 7.49. The van der Waals surface area contributed by atoms with Crippen LogP contribution in [0.25, 0.3) is 0 Å². The molecule has 4 nitrogen and oxygen atoms in total. The summed E-state index contributed by atoms with van der Waals surface area (Å²) in [6.45, 7) is 5.75. The molecule has 1 rings (SSSR count). The van der Waals surface area contributed by atoms with Gasteiger partial charge in [0.15, 0.2) is 9.84 Å². The summed E-state index contributed by atoms with van der Waals surface area (Å²) in [7, 11) is -3.00. The molecule has 1 amide bonds. The Morgan fingerprint density at radius 2 is 1.74 bits per heavy atom. The van der Waals surface area contributed by atoms with E-state index in [-0.39, 0.29) is 23.3 Å². The van der Waals surface area contributed by atoms with E-state index in [1.54, 1.807) is 0 Å². The minimum absolute atomic E-state index is 0.0561. The zero-order valence-corrected chi connectivity index (χ0v) is 13.0. The number of carbonyl (C=O) groups excluding carboxylic acids is 1. The molecule has 0 aromatic rings. The highest BCUT2D eigenvalue weighted by atomic mass is 32.2. The molecule has 0 unspecified atom stereocenters. The first kappa shape index (κ1) is 16.5. The summed E-state index contributed by atoms with van der Waals surface area (Å²) in [5.41, 5.74) is 0. The maximum atomic E-state index is 12.5. The second kappa shape index (κ2) is 7.88. The maximum absolute atomic E-state index is 12.5. The second-order valence-corrected chi connectivity index (χ2v) is 7.71. The summed E-state index contributed by atoms with van der Waals surface area (Å²) in [5.74, 6) is 0.0685. The molecule has 1 heterocycles. The van der Waals surface area contributed by atoms with Crippen molar-refractivity contribution < 1.29 is 13.2 Å². The Labute approximate surface area is 117 Å². The number of rotatable bonds is 7. The molecule has 1 aliphatic rings. The molecule has 1 saturated heterocycles. The molecular weight excluding hydrogens is 262 g/mol. The quantitative estimate of drug-likeness (QED) is 0.722. The molecule has 1 atom stereocenters. The Kier molecular flexibility index (Phi) is 6.83. The lowest BCUT2D eigenvalue weighted by atomic mass is 10.0. The van der Waals surface area contributed by atoms with Gasteiger partial charge in [-0.1, -0.05) is 26.7 Å². The highest BCUT2D eigenvalue weighted by Crippen LogP contribution is 2.21. The predicted octanol–water partition coefficient (Wildman–Crippen LogP) is 2.24. The summed E-state index contributed by atoms with van der Waals surface area (Å²) >= 11 is 0. The standard InChI is InChI=1S/C14H27NO3S/c1-3-5-9-15(10-6-4-2)14(16)13-8-7-11-19(17,18)12-13/h13H,3-12H2,1-2H3/t13-/m0/s1. The topological polar surface area (TPSA) is 54.5 Å². The molecule has 1 aliphatic heterocycles. The zero-order chi connectivity index (χ0) is 14.3. The van der Waals surface area contributed by atoms with Crippen molar-refractivity contribution in [1.82, 2.24) is 4.90 Å². The molecule has 1 fully saturated rings. The fraction of sp³-hybridized carbons (Fsp3) is 0.929. The Hall–Kier alpha value is -0.580. The molecular formula is C14H27NO3S. The average Bonchev–Trinajstić information content (AvgIpc) is 2.37. The van der Waals surface area contributed by atoms with E-state index in [1.165, 1.54) is 0 Å². The van der Waals surface area contributed by atoms with Crippen LogP contribution in [0.15, 0.2) is 0 Å². The summed E-state index contributed by atoms with van der Waals surface area (Å²) in [6.07, 6.45) is 5.46. The van der Waals surface area contributed by atoms with Gasteiger partial charge in [0.2, 0.25) is 5.91 Å². The first-order chi connectivity index (χ1) is 9.00. The van der Waals surface area contributed by atoms with Crippen molar-refractivity contribution in [1.29, 1.82) is 0 Å². The van der Waals surface area contributed by atoms with E-state index < -0.39 is 9.84 Å². The van der Waals surface area contributed by atoms with E-state index in [0.717, 1.165) is 45.2 Å². The number of hydrogen-bond donors (Lipinski definition) is 0. The van der Waals surface area contributed by atoms with E-state index >= 15 is 0 Å². The number of hydrogen-bond acceptors (Lipinski definition) is 3. The summed E-state index contributed by atoms with van der Waals surface area (Å²) in [4.78, 5) is 14.3. The van der Waals surface area contributed by atoms with Crippen molar-refractivity contribution in [3.63, 3.8) is 0 Å². The van der Waals surface area contributed by atoms with Gasteiger partial charge in [-0.15, -0.1) is 0 Å². The van der Waals surface area contributed by atoms with Crippen LogP contribution in [0, 0.1) is 5.92 Å². The smallest absolute Gasteiger partial charge is 0.226 e. The lowest BCUT2D eigenvalue weighted by Gasteiger charge is -2.29. The van der Waals surface area contributed by atoms with E-state index in [0.29, 0.717) is 6.42 Å². The van der Waals surface area contributed by atoms with Crippen molar-refractivity contribution >= 4 is 15.7 Å². The van der Waals surface area contributed by atoms with Gasteiger partial charge in [0.1, 0.15) is 0 Å². The molecule has 0 aromatic heterocycles. The maximum Gasteiger partial charge on any atom is 0.226 e. The van der Waals surface area contributed by atoms with Crippen molar-refractivity contribution in [3.05, 3.63) is 0 Å². The largest absolute Gasteiger partial charge is 0.342 e. The third-order valence-corrected chi connectivity index (χ3v) is 5.51. The van der Waals surface area contributed by atoms with Gasteiger partial charge < -0.3 is 4.90 Å². The molecule has 0 aromatic carbocycles. The van der Waals surface area contributed by atoms with Crippen LogP contribution >= 0.6 is 0 Å². The van der Waals surface area contributed by atoms with Crippen LogP contribution < -0.4 is 0 Å². The molecule has 0 spiro atoms. The SMILES string of the molecule is CCCCN(CCCC)C(=O)[C@H]1CCCS(=O)(=O)C1. The first-order valence-corrected chi connectivity index (χ1v) is 9.31. The van der Waals surface area contributed by atoms with E-state index in [2.05, 4.69) is 13.8 Å². The monoisotopic (exact) mass is 289 g/mol. The summed E-state index contributed by atoms with van der Waals surface area (Å²) in [5, 5.41) is 0. The fourth-order valence-corrected chi connectivity index (χ4v) is 4.20. The third-order valence-electron chi connectivity index (χ3n) is 3.69. The van der Waals surface area contributed by atoms with Crippen LogP contribution in [0.2, 0.25) is 0 Å². The summed E-state index contributed by atoms with van der Waals surface area (Å²) < 4.78 is 23.3. The lowest BCUT2D eigenvalue weighted by molar-refractivity contribution is -0.135. The number of unbranched alkanes of at least 4 members (excludes halogenated alkanes) is 2. The molecule has 0 saturated carbocycles. The number of carbonyl (C=O) groups is 1. The molecule has 0 aliphatic carbocycles. The van der Waals surface area contributed by atoms with E-state index in [1.807, 2.05) is 4.90 Å². The van der Waals surface area contributed by atoms with Gasteiger partial charge in [0, 0.05) is 13.1 Å². The van der Waals surface area contributed by atoms with Gasteiger partial charge in [-0.25, -0.2) is 8.42 Å². The van der Waals surface area contributed by atoms with Gasteiger partial charge in [-0.05, 0) is 25.7 Å². The Balaban J connectivity index is 2.63. The summed E-state index contributed by atoms with van der Waals surface area (Å²) in [6, 6.07) is 0. The average molecular weight is 289 g/mol. The van der Waals surface area contributed by atoms with E-state index in [9.17, 15) is 13.2 Å². The minimum atomic E-state index is -3.00. The van der Waals surface area contributed by atoms with Crippen LogP contribution in [0.5, 0.6) is 0 Å². The highest BCUT2D eigenvalue weighted by molar-refractivity contribution is 7.91. The highest BCUT2D eigenvalue weighted by Gasteiger charge is 2.32. The van der Waals surface area contributed by atoms with Crippen LogP contribution in [-0.2, 0) is 14.6 Å². The van der Waals surface area contributed by atoms with Crippen molar-refractivity contribution in [2.75, 3.05) is 24.6 Å². The molecule has 0 radical (unpaired) electrons. The zero-order valence-electron chi connectivity index (χ0n) is 12.2. The molecule has 112 valence electrons. The number of sulfone groups is 1. The number of nitrogens with zero attached hydrogens (tertiary/aromatic N) is 1. The minimum Gasteiger partial charge on any atom is -0.342 e. The molecule has 5 heteroatoms. The van der Waals surface area contributed by atoms with Crippen LogP contribution in [0.1, 0.15) is 52.4 Å². The van der Waals surface area contributed by atoms with Gasteiger partial charge in [-0.2, -0.15) is 0 Å². The Morgan fingerprint density at radius 1 is 1.16 bits per heavy atom. The molecule has 0 N–H and O–H groups in total. The molecule has 19 heavy (non-hydrogen) atoms. The third kappa shape index (κ3) is 5.51. The number of amides is 1. The molecule has 0 bridgehead atoms. The second-order valence-electron chi connectivity index (χ2n) is 5.49. The van der Waals surface area contributed by atoms with Crippen LogP contribution in [-0.4, -0.2) is 43.8 Å². The van der Waals surface area contributed by atoms with Gasteiger partial charge in [0.25, 0.3) is 0 Å². The van der Waals surface area contributed by atoms with Crippen molar-refractivity contribution in [3.8, 4) is 0 Å². The fourth-order valence-electron chi connectivity index (χ4n) is 2.51. The van der Waals surface area contributed by atoms with Crippen LogP contribution in [0.4, 0.5) is 0 Å². The van der Waals surface area contributed by atoms with Gasteiger partial charge >= 0.3 is 0 Å². The van der Waals surface area contributed by atoms with Crippen molar-refractivity contribution in [2.45, 2.75) is 52.4 Å². The normalized spacial score (nSPS) is 22.1. The van der Waals surface area contributed by atoms with Gasteiger partial charge in [0.05, 0.1) is 17.4 Å². The lowest BCUT2D eigenvalue weighted by Crippen LogP contribution is -2.42. The Morgan fingerprint density at radius 3 is 2.21 bits per heavy atom. The Bertz CT molecular complexity index is 370. The van der Waals surface area contributed by atoms with Crippen molar-refractivity contribution in [2.24, 2.45) is 5.92 Å². The predicted molar refractivity (Wildman–Crippen MR) is 77.8 cm³/mol. The van der Waals surface area contributed by atoms with Crippen LogP contribution in [0.3, 0.4) is 0 Å².